The molecule has 0 bridgehead atoms. The standard InChI is InChI=1S/C28H42N4O2/c1-31(29-23-25-17-11-13-19-27(25)33)21-15-9-7-5-3-4-6-8-10-16-22-32(2)30-24-26-18-12-14-20-28(26)34/h11-14,17-20,23-24,33-34H,3-10,15-16,21-22H2,1-2H3/b29-23+,30-24+. The van der Waals surface area contributed by atoms with Gasteiger partial charge in [-0.1, -0.05) is 75.6 Å². The van der Waals surface area contributed by atoms with Crippen molar-refractivity contribution in [1.82, 2.24) is 10.0 Å². The zero-order chi connectivity index (χ0) is 24.4. The molecule has 0 aliphatic rings. The van der Waals surface area contributed by atoms with E-state index < -0.39 is 0 Å². The van der Waals surface area contributed by atoms with Crippen LogP contribution in [0.5, 0.6) is 11.5 Å². The number of unbranched alkanes of at least 4 members (excludes halogenated alkanes) is 9. The van der Waals surface area contributed by atoms with Crippen molar-refractivity contribution in [2.24, 2.45) is 10.2 Å². The predicted octanol–water partition coefficient (Wildman–Crippen LogP) is 6.23. The minimum absolute atomic E-state index is 0.266. The number of para-hydroxylation sites is 2. The number of aromatic hydroxyl groups is 2. The number of phenols is 2. The number of hydrazone groups is 2. The summed E-state index contributed by atoms with van der Waals surface area (Å²) in [6, 6.07) is 14.5. The molecule has 0 saturated carbocycles. The average Bonchev–Trinajstić information content (AvgIpc) is 2.83. The third-order valence-electron chi connectivity index (χ3n) is 5.87. The van der Waals surface area contributed by atoms with Gasteiger partial charge in [0.05, 0.1) is 12.4 Å². The molecule has 2 aromatic rings. The fourth-order valence-corrected chi connectivity index (χ4v) is 3.73. The molecule has 34 heavy (non-hydrogen) atoms. The fraction of sp³-hybridized carbons (Fsp3) is 0.500. The molecule has 0 spiro atoms. The van der Waals surface area contributed by atoms with Crippen LogP contribution in [0.1, 0.15) is 75.3 Å². The lowest BCUT2D eigenvalue weighted by Gasteiger charge is -2.13. The summed E-state index contributed by atoms with van der Waals surface area (Å²) in [6.45, 7) is 1.88. The molecular formula is C28H42N4O2. The van der Waals surface area contributed by atoms with Gasteiger partial charge in [-0.2, -0.15) is 10.2 Å². The lowest BCUT2D eigenvalue weighted by molar-refractivity contribution is 0.341. The minimum Gasteiger partial charge on any atom is -0.507 e. The smallest absolute Gasteiger partial charge is 0.124 e. The highest BCUT2D eigenvalue weighted by Gasteiger charge is 1.99. The molecule has 0 aliphatic carbocycles. The van der Waals surface area contributed by atoms with E-state index in [9.17, 15) is 10.2 Å². The molecule has 2 aromatic carbocycles. The van der Waals surface area contributed by atoms with Crippen LogP contribution in [0, 0.1) is 0 Å². The first-order valence-electron chi connectivity index (χ1n) is 12.6. The van der Waals surface area contributed by atoms with Gasteiger partial charge in [-0.05, 0) is 37.1 Å². The van der Waals surface area contributed by atoms with Gasteiger partial charge in [0.1, 0.15) is 11.5 Å². The molecule has 0 unspecified atom stereocenters. The predicted molar refractivity (Wildman–Crippen MR) is 143 cm³/mol. The molecule has 2 rings (SSSR count). The third kappa shape index (κ3) is 11.7. The summed E-state index contributed by atoms with van der Waals surface area (Å²) in [5, 5.41) is 32.2. The van der Waals surface area contributed by atoms with Crippen molar-refractivity contribution in [1.29, 1.82) is 0 Å². The molecule has 0 saturated heterocycles. The van der Waals surface area contributed by atoms with Crippen LogP contribution in [0.4, 0.5) is 0 Å². The number of benzene rings is 2. The number of hydrogen-bond acceptors (Lipinski definition) is 6. The summed E-state index contributed by atoms with van der Waals surface area (Å²) in [6.07, 6.45) is 16.1. The number of rotatable bonds is 17. The first-order chi connectivity index (χ1) is 16.6. The molecule has 0 aliphatic heterocycles. The second-order valence-corrected chi connectivity index (χ2v) is 8.90. The molecule has 6 nitrogen and oxygen atoms in total. The molecule has 0 aromatic heterocycles. The van der Waals surface area contributed by atoms with E-state index in [1.807, 2.05) is 60.5 Å². The molecule has 2 N–H and O–H groups in total. The van der Waals surface area contributed by atoms with Crippen LogP contribution in [-0.2, 0) is 0 Å². The highest BCUT2D eigenvalue weighted by atomic mass is 16.3. The molecule has 0 heterocycles. The lowest BCUT2D eigenvalue weighted by atomic mass is 10.1. The summed E-state index contributed by atoms with van der Waals surface area (Å²) in [7, 11) is 3.96. The minimum atomic E-state index is 0.266. The molecular weight excluding hydrogens is 424 g/mol. The van der Waals surface area contributed by atoms with Crippen molar-refractivity contribution in [3.63, 3.8) is 0 Å². The van der Waals surface area contributed by atoms with Crippen molar-refractivity contribution in [3.05, 3.63) is 59.7 Å². The van der Waals surface area contributed by atoms with Crippen LogP contribution in [0.2, 0.25) is 0 Å². The Kier molecular flexibility index (Phi) is 13.3. The quantitative estimate of drug-likeness (QED) is 0.165. The molecule has 0 atom stereocenters. The van der Waals surface area contributed by atoms with Crippen molar-refractivity contribution < 1.29 is 10.2 Å². The Morgan fingerprint density at radius 2 is 0.882 bits per heavy atom. The van der Waals surface area contributed by atoms with Gasteiger partial charge in [0.2, 0.25) is 0 Å². The Balaban J connectivity index is 1.39. The van der Waals surface area contributed by atoms with Crippen LogP contribution in [0.25, 0.3) is 0 Å². The second-order valence-electron chi connectivity index (χ2n) is 8.90. The maximum atomic E-state index is 9.76. The Morgan fingerprint density at radius 1 is 0.559 bits per heavy atom. The first-order valence-corrected chi connectivity index (χ1v) is 12.6. The first kappa shape index (κ1) is 27.2. The third-order valence-corrected chi connectivity index (χ3v) is 5.87. The monoisotopic (exact) mass is 466 g/mol. The maximum absolute atomic E-state index is 9.76. The van der Waals surface area contributed by atoms with E-state index in [2.05, 4.69) is 10.2 Å². The summed E-state index contributed by atoms with van der Waals surface area (Å²) >= 11 is 0. The SMILES string of the molecule is CN(CCCCCCCCCCCCN(C)/N=C/c1ccccc1O)/N=C/c1ccccc1O. The maximum Gasteiger partial charge on any atom is 0.124 e. The highest BCUT2D eigenvalue weighted by molar-refractivity contribution is 5.83. The number of nitrogens with zero attached hydrogens (tertiary/aromatic N) is 4. The van der Waals surface area contributed by atoms with Gasteiger partial charge < -0.3 is 20.2 Å². The van der Waals surface area contributed by atoms with E-state index in [4.69, 9.17) is 0 Å². The summed E-state index contributed by atoms with van der Waals surface area (Å²) in [5.41, 5.74) is 1.50. The van der Waals surface area contributed by atoms with E-state index in [0.29, 0.717) is 0 Å². The lowest BCUT2D eigenvalue weighted by Crippen LogP contribution is -2.12. The van der Waals surface area contributed by atoms with E-state index in [-0.39, 0.29) is 11.5 Å². The Morgan fingerprint density at radius 3 is 1.24 bits per heavy atom. The Bertz CT molecular complexity index is 797. The second kappa shape index (κ2) is 16.6. The summed E-state index contributed by atoms with van der Waals surface area (Å²) in [4.78, 5) is 0. The van der Waals surface area contributed by atoms with Crippen molar-refractivity contribution in [2.75, 3.05) is 27.2 Å². The molecule has 0 amide bonds. The van der Waals surface area contributed by atoms with Gasteiger partial charge in [0.15, 0.2) is 0 Å². The van der Waals surface area contributed by atoms with Crippen LogP contribution >= 0.6 is 0 Å². The number of phenolic OH excluding ortho intramolecular Hbond substituents is 2. The molecule has 0 radical (unpaired) electrons. The highest BCUT2D eigenvalue weighted by Crippen LogP contribution is 2.14. The molecule has 6 heteroatoms. The summed E-state index contributed by atoms with van der Waals surface area (Å²) in [5.74, 6) is 0.531. The van der Waals surface area contributed by atoms with Gasteiger partial charge in [-0.25, -0.2) is 0 Å². The molecule has 186 valence electrons. The fourth-order valence-electron chi connectivity index (χ4n) is 3.73. The van der Waals surface area contributed by atoms with E-state index >= 15 is 0 Å². The van der Waals surface area contributed by atoms with Crippen LogP contribution in [0.15, 0.2) is 58.7 Å². The Labute approximate surface area is 205 Å². The van der Waals surface area contributed by atoms with Gasteiger partial charge in [0.25, 0.3) is 0 Å². The number of hydrogen-bond donors (Lipinski definition) is 2. The van der Waals surface area contributed by atoms with E-state index in [1.54, 1.807) is 24.6 Å². The largest absolute Gasteiger partial charge is 0.507 e. The van der Waals surface area contributed by atoms with Crippen molar-refractivity contribution in [3.8, 4) is 11.5 Å². The van der Waals surface area contributed by atoms with E-state index in [1.165, 1.54) is 51.4 Å². The Hall–Kier alpha value is -3.02. The van der Waals surface area contributed by atoms with Crippen molar-refractivity contribution in [2.45, 2.75) is 64.2 Å². The normalized spacial score (nSPS) is 11.5. The van der Waals surface area contributed by atoms with Crippen molar-refractivity contribution >= 4 is 12.4 Å². The van der Waals surface area contributed by atoms with Gasteiger partial charge in [-0.3, -0.25) is 0 Å². The van der Waals surface area contributed by atoms with Crippen LogP contribution < -0.4 is 0 Å². The zero-order valence-corrected chi connectivity index (χ0v) is 20.9. The molecule has 0 fully saturated rings. The van der Waals surface area contributed by atoms with Gasteiger partial charge in [0, 0.05) is 38.3 Å². The van der Waals surface area contributed by atoms with Gasteiger partial charge >= 0.3 is 0 Å². The van der Waals surface area contributed by atoms with Crippen LogP contribution in [0.3, 0.4) is 0 Å². The summed E-state index contributed by atoms with van der Waals surface area (Å²) < 4.78 is 0. The van der Waals surface area contributed by atoms with E-state index in [0.717, 1.165) is 37.1 Å². The van der Waals surface area contributed by atoms with Crippen LogP contribution in [-0.4, -0.2) is 59.8 Å². The average molecular weight is 467 g/mol. The zero-order valence-electron chi connectivity index (χ0n) is 20.9. The topological polar surface area (TPSA) is 71.7 Å². The van der Waals surface area contributed by atoms with Gasteiger partial charge in [-0.15, -0.1) is 0 Å².